The SMILES string of the molecule is CC(C)c1cccc(C(C)C)c1-c1cccc(C(C2[CH-][C@H]3C=C[C@@H]2C3)P(C(C)C)C(C)C)n1.[CH2-][Si](C)(C)C.[Fe+2]. The molecule has 2 aromatic rings. The number of nitrogens with zero attached hydrogens (tertiary/aromatic N) is 1. The van der Waals surface area contributed by atoms with E-state index in [4.69, 9.17) is 4.98 Å². The van der Waals surface area contributed by atoms with Crippen LogP contribution in [0.1, 0.15) is 96.1 Å². The third kappa shape index (κ3) is 8.88. The Bertz CT molecular complexity index is 1040. The first-order valence-electron chi connectivity index (χ1n) is 14.9. The van der Waals surface area contributed by atoms with Gasteiger partial charge in [-0.1, -0.05) is 120 Å². The quantitative estimate of drug-likeness (QED) is 0.127. The molecule has 0 radical (unpaired) electrons. The monoisotopic (exact) mass is 603 g/mol. The number of fused-ring (bicyclic) bond motifs is 2. The molecule has 0 aliphatic heterocycles. The molecule has 2 bridgehead atoms. The van der Waals surface area contributed by atoms with Crippen molar-refractivity contribution in [3.8, 4) is 11.3 Å². The van der Waals surface area contributed by atoms with Crippen LogP contribution >= 0.6 is 7.92 Å². The molecule has 1 aromatic carbocycles. The molecule has 4 atom stereocenters. The molecule has 1 aromatic heterocycles. The largest absolute Gasteiger partial charge is 2.00 e. The zero-order valence-electron chi connectivity index (χ0n) is 26.5. The molecule has 4 rings (SSSR count). The topological polar surface area (TPSA) is 12.9 Å². The molecule has 2 aliphatic rings. The van der Waals surface area contributed by atoms with Crippen molar-refractivity contribution in [3.05, 3.63) is 78.3 Å². The van der Waals surface area contributed by atoms with Crippen LogP contribution in [0.3, 0.4) is 0 Å². The fourth-order valence-electron chi connectivity index (χ4n) is 6.34. The Morgan fingerprint density at radius 2 is 1.36 bits per heavy atom. The summed E-state index contributed by atoms with van der Waals surface area (Å²) in [5, 5.41) is 0. The smallest absolute Gasteiger partial charge is 0.342 e. The number of hydrogen-bond acceptors (Lipinski definition) is 1. The number of aromatic nitrogens is 1. The minimum atomic E-state index is -0.861. The van der Waals surface area contributed by atoms with Crippen LogP contribution in [0.2, 0.25) is 19.6 Å². The van der Waals surface area contributed by atoms with E-state index >= 15 is 0 Å². The van der Waals surface area contributed by atoms with Gasteiger partial charge in [-0.05, 0) is 58.0 Å². The van der Waals surface area contributed by atoms with Crippen LogP contribution in [0.5, 0.6) is 0 Å². The molecule has 1 heterocycles. The second-order valence-corrected chi connectivity index (χ2v) is 22.6. The molecule has 0 saturated heterocycles. The molecule has 0 N–H and O–H groups in total. The Morgan fingerprint density at radius 1 is 0.846 bits per heavy atom. The average molecular weight is 604 g/mol. The van der Waals surface area contributed by atoms with E-state index in [0.29, 0.717) is 46.6 Å². The summed E-state index contributed by atoms with van der Waals surface area (Å²) in [4.78, 5) is 5.52. The molecular formula is C35H54FeNPSi. The maximum absolute atomic E-state index is 5.52. The second kappa shape index (κ2) is 14.4. The molecular weight excluding hydrogens is 549 g/mol. The number of benzene rings is 1. The van der Waals surface area contributed by atoms with Crippen molar-refractivity contribution < 1.29 is 17.1 Å². The molecule has 39 heavy (non-hydrogen) atoms. The Hall–Kier alpha value is -0.724. The van der Waals surface area contributed by atoms with Crippen LogP contribution in [0.15, 0.2) is 48.6 Å². The van der Waals surface area contributed by atoms with E-state index in [1.807, 2.05) is 0 Å². The van der Waals surface area contributed by atoms with Gasteiger partial charge in [0.05, 0.1) is 5.69 Å². The molecule has 2 unspecified atom stereocenters. The van der Waals surface area contributed by atoms with Gasteiger partial charge in [-0.15, -0.1) is 26.0 Å². The zero-order chi connectivity index (χ0) is 28.4. The molecule has 1 fully saturated rings. The van der Waals surface area contributed by atoms with Gasteiger partial charge in [0.1, 0.15) is 0 Å². The van der Waals surface area contributed by atoms with E-state index in [1.54, 1.807) is 0 Å². The number of hydrogen-bond donors (Lipinski definition) is 0. The first-order valence-corrected chi connectivity index (χ1v) is 20.2. The predicted octanol–water partition coefficient (Wildman–Crippen LogP) is 11.1. The summed E-state index contributed by atoms with van der Waals surface area (Å²) in [6, 6.07) is 13.7. The molecule has 1 nitrogen and oxygen atoms in total. The van der Waals surface area contributed by atoms with E-state index in [0.717, 1.165) is 0 Å². The fourth-order valence-corrected chi connectivity index (χ4v) is 9.99. The van der Waals surface area contributed by atoms with Crippen LogP contribution in [0, 0.1) is 30.7 Å². The van der Waals surface area contributed by atoms with Crippen molar-refractivity contribution in [3.63, 3.8) is 0 Å². The standard InChI is InChI=1S/C31H43NP.C4H11Si.Fe/c1-19(2)25-11-9-12-26(20(3)4)30(25)28-13-10-14-29(32-28)31(33(21(5)6)22(7)8)27-18-23-15-16-24(27)17-23;1-5(2,3)4;/h9-16,18-24,27,31H,17H2,1-8H3;1H2,2-4H3;/q2*-1;+2/t23-,24+,27?,31?;;/m0../s1. The summed E-state index contributed by atoms with van der Waals surface area (Å²) in [5.74, 6) is 2.96. The van der Waals surface area contributed by atoms with E-state index in [1.165, 1.54) is 34.5 Å². The third-order valence-electron chi connectivity index (χ3n) is 7.69. The molecule has 0 spiro atoms. The van der Waals surface area contributed by atoms with Gasteiger partial charge in [-0.2, -0.15) is 0 Å². The Kier molecular flexibility index (Phi) is 12.8. The van der Waals surface area contributed by atoms with Gasteiger partial charge in [-0.3, -0.25) is 4.98 Å². The summed E-state index contributed by atoms with van der Waals surface area (Å²) in [6.07, 6.45) is 8.92. The summed E-state index contributed by atoms with van der Waals surface area (Å²) in [6.45, 7) is 29.6. The van der Waals surface area contributed by atoms with E-state index in [-0.39, 0.29) is 25.0 Å². The second-order valence-electron chi connectivity index (χ2n) is 13.9. The van der Waals surface area contributed by atoms with Gasteiger partial charge in [0.2, 0.25) is 0 Å². The predicted molar refractivity (Wildman–Crippen MR) is 175 cm³/mol. The third-order valence-corrected chi connectivity index (χ3v) is 11.3. The Morgan fingerprint density at radius 3 is 1.77 bits per heavy atom. The van der Waals surface area contributed by atoms with Gasteiger partial charge < -0.3 is 13.0 Å². The maximum atomic E-state index is 5.52. The molecule has 216 valence electrons. The number of rotatable bonds is 8. The Balaban J connectivity index is 0.000000816. The summed E-state index contributed by atoms with van der Waals surface area (Å²) in [5.41, 5.74) is 8.65. The average Bonchev–Trinajstić information content (AvgIpc) is 3.44. The minimum Gasteiger partial charge on any atom is -0.342 e. The van der Waals surface area contributed by atoms with Gasteiger partial charge in [0.15, 0.2) is 0 Å². The van der Waals surface area contributed by atoms with Crippen LogP contribution in [0.25, 0.3) is 11.3 Å². The Labute approximate surface area is 254 Å². The minimum absolute atomic E-state index is 0. The van der Waals surface area contributed by atoms with Crippen molar-refractivity contribution >= 4 is 16.0 Å². The molecule has 1 saturated carbocycles. The van der Waals surface area contributed by atoms with Crippen molar-refractivity contribution in [2.24, 2.45) is 17.8 Å². The van der Waals surface area contributed by atoms with E-state index in [9.17, 15) is 0 Å². The van der Waals surface area contributed by atoms with Gasteiger partial charge in [0, 0.05) is 11.3 Å². The summed E-state index contributed by atoms with van der Waals surface area (Å²) < 4.78 is 0. The zero-order valence-corrected chi connectivity index (χ0v) is 29.5. The number of allylic oxidation sites excluding steroid dienone is 2. The first-order chi connectivity index (χ1) is 17.7. The summed E-state index contributed by atoms with van der Waals surface area (Å²) in [7, 11) is -1.05. The summed E-state index contributed by atoms with van der Waals surface area (Å²) >= 11 is 0. The molecule has 2 aliphatic carbocycles. The van der Waals surface area contributed by atoms with Crippen LogP contribution in [-0.2, 0) is 17.1 Å². The van der Waals surface area contributed by atoms with E-state index < -0.39 is 8.07 Å². The molecule has 4 heteroatoms. The van der Waals surface area contributed by atoms with Gasteiger partial charge in [-0.25, -0.2) is 0 Å². The van der Waals surface area contributed by atoms with Crippen LogP contribution in [0.4, 0.5) is 0 Å². The van der Waals surface area contributed by atoms with Crippen molar-refractivity contribution in [2.45, 2.75) is 110 Å². The maximum Gasteiger partial charge on any atom is 2.00 e. The fraction of sp³-hybridized carbons (Fsp3) is 0.571. The van der Waals surface area contributed by atoms with Crippen LogP contribution in [-0.4, -0.2) is 24.4 Å². The number of pyridine rings is 1. The molecule has 0 amide bonds. The normalized spacial score (nSPS) is 21.1. The first kappa shape index (κ1) is 34.5. The van der Waals surface area contributed by atoms with Crippen LogP contribution < -0.4 is 0 Å². The van der Waals surface area contributed by atoms with Crippen molar-refractivity contribution in [1.82, 2.24) is 4.98 Å². The van der Waals surface area contributed by atoms with Crippen molar-refractivity contribution in [2.75, 3.05) is 0 Å². The van der Waals surface area contributed by atoms with Crippen molar-refractivity contribution in [1.29, 1.82) is 0 Å². The van der Waals surface area contributed by atoms with Gasteiger partial charge in [0.25, 0.3) is 0 Å². The van der Waals surface area contributed by atoms with Gasteiger partial charge >= 0.3 is 17.1 Å². The van der Waals surface area contributed by atoms with E-state index in [2.05, 4.69) is 137 Å².